The molecule has 2 aliphatic heterocycles. The highest BCUT2D eigenvalue weighted by atomic mass is 35.5. The molecule has 2 aliphatic rings. The highest BCUT2D eigenvalue weighted by molar-refractivity contribution is 6.30. The van der Waals surface area contributed by atoms with Crippen molar-refractivity contribution in [3.63, 3.8) is 0 Å². The fourth-order valence-electron chi connectivity index (χ4n) is 3.32. The molecular formula is C14H20ClN3O2. The normalized spacial score (nSPS) is 26.4. The molecule has 0 aromatic carbocycles. The first-order chi connectivity index (χ1) is 9.59. The second kappa shape index (κ2) is 5.37. The van der Waals surface area contributed by atoms with E-state index >= 15 is 0 Å². The predicted octanol–water partition coefficient (Wildman–Crippen LogP) is 2.08. The zero-order chi connectivity index (χ0) is 14.3. The van der Waals surface area contributed by atoms with E-state index in [1.165, 1.54) is 0 Å². The van der Waals surface area contributed by atoms with Crippen LogP contribution in [0.2, 0.25) is 5.15 Å². The van der Waals surface area contributed by atoms with E-state index in [1.807, 2.05) is 18.9 Å². The molecule has 6 heteroatoms. The molecule has 3 rings (SSSR count). The Hall–Kier alpha value is -1.07. The fraction of sp³-hybridized carbons (Fsp3) is 0.714. The molecule has 1 amide bonds. The molecule has 20 heavy (non-hydrogen) atoms. The molecule has 110 valence electrons. The molecule has 3 heterocycles. The molecule has 2 saturated heterocycles. The zero-order valence-corrected chi connectivity index (χ0v) is 12.7. The number of ether oxygens (including phenoxy) is 1. The summed E-state index contributed by atoms with van der Waals surface area (Å²) < 4.78 is 7.03. The van der Waals surface area contributed by atoms with Crippen molar-refractivity contribution in [1.29, 1.82) is 0 Å². The Morgan fingerprint density at radius 3 is 2.85 bits per heavy atom. The minimum Gasteiger partial charge on any atom is -0.381 e. The van der Waals surface area contributed by atoms with Gasteiger partial charge in [-0.05, 0) is 26.2 Å². The fourth-order valence-corrected chi connectivity index (χ4v) is 3.62. The van der Waals surface area contributed by atoms with Gasteiger partial charge < -0.3 is 9.64 Å². The van der Waals surface area contributed by atoms with Gasteiger partial charge >= 0.3 is 0 Å². The molecule has 0 spiro atoms. The largest absolute Gasteiger partial charge is 0.381 e. The molecule has 0 aliphatic carbocycles. The van der Waals surface area contributed by atoms with Gasteiger partial charge in [0, 0.05) is 25.8 Å². The highest BCUT2D eigenvalue weighted by Gasteiger charge is 2.37. The Morgan fingerprint density at radius 2 is 2.25 bits per heavy atom. The van der Waals surface area contributed by atoms with E-state index in [-0.39, 0.29) is 17.9 Å². The second-order valence-electron chi connectivity index (χ2n) is 5.66. The quantitative estimate of drug-likeness (QED) is 0.840. The minimum atomic E-state index is 0.0198. The van der Waals surface area contributed by atoms with Crippen molar-refractivity contribution in [3.05, 3.63) is 16.4 Å². The van der Waals surface area contributed by atoms with E-state index in [2.05, 4.69) is 5.10 Å². The van der Waals surface area contributed by atoms with Crippen LogP contribution in [-0.2, 0) is 16.6 Å². The first kappa shape index (κ1) is 13.9. The Labute approximate surface area is 123 Å². The summed E-state index contributed by atoms with van der Waals surface area (Å²) in [6, 6.07) is 0.0734. The number of hydrogen-bond donors (Lipinski definition) is 0. The summed E-state index contributed by atoms with van der Waals surface area (Å²) in [5.41, 5.74) is 1.93. The van der Waals surface area contributed by atoms with Crippen molar-refractivity contribution < 1.29 is 9.53 Å². The molecule has 0 N–H and O–H groups in total. The van der Waals surface area contributed by atoms with Crippen molar-refractivity contribution >= 4 is 17.5 Å². The van der Waals surface area contributed by atoms with E-state index in [4.69, 9.17) is 16.3 Å². The Morgan fingerprint density at radius 1 is 1.45 bits per heavy atom. The van der Waals surface area contributed by atoms with Crippen LogP contribution >= 0.6 is 11.6 Å². The summed E-state index contributed by atoms with van der Waals surface area (Å²) in [5.74, 6) is 0.232. The average Bonchev–Trinajstić information content (AvgIpc) is 3.12. The monoisotopic (exact) mass is 297 g/mol. The molecule has 5 nitrogen and oxygen atoms in total. The number of carbonyl (C=O) groups excluding carboxylic acids is 1. The van der Waals surface area contributed by atoms with Crippen LogP contribution in [0.3, 0.4) is 0 Å². The number of likely N-dealkylation sites (tertiary alicyclic amines) is 1. The third kappa shape index (κ3) is 2.23. The van der Waals surface area contributed by atoms with Gasteiger partial charge in [0.1, 0.15) is 5.15 Å². The molecule has 0 saturated carbocycles. The SMILES string of the molecule is Cc1nn(C)c(Cl)c1C1CCCN1C(=O)C1CCOC1. The summed E-state index contributed by atoms with van der Waals surface area (Å²) in [7, 11) is 1.84. The van der Waals surface area contributed by atoms with E-state index in [0.29, 0.717) is 18.4 Å². The summed E-state index contributed by atoms with van der Waals surface area (Å²) in [4.78, 5) is 14.6. The number of nitrogens with zero attached hydrogens (tertiary/aromatic N) is 3. The van der Waals surface area contributed by atoms with Gasteiger partial charge in [-0.15, -0.1) is 0 Å². The van der Waals surface area contributed by atoms with Gasteiger partial charge in [-0.3, -0.25) is 9.48 Å². The molecule has 2 fully saturated rings. The summed E-state index contributed by atoms with van der Waals surface area (Å²) in [6.07, 6.45) is 2.82. The lowest BCUT2D eigenvalue weighted by Gasteiger charge is -2.27. The second-order valence-corrected chi connectivity index (χ2v) is 6.02. The van der Waals surface area contributed by atoms with Gasteiger partial charge in [0.15, 0.2) is 0 Å². The zero-order valence-electron chi connectivity index (χ0n) is 11.9. The Kier molecular flexibility index (Phi) is 3.73. The minimum absolute atomic E-state index is 0.0198. The average molecular weight is 298 g/mol. The standard InChI is InChI=1S/C14H20ClN3O2/c1-9-12(13(15)17(2)16-9)11-4-3-6-18(11)14(19)10-5-7-20-8-10/h10-11H,3-8H2,1-2H3. The van der Waals surface area contributed by atoms with Crippen molar-refractivity contribution in [1.82, 2.24) is 14.7 Å². The van der Waals surface area contributed by atoms with E-state index in [0.717, 1.165) is 37.1 Å². The van der Waals surface area contributed by atoms with Gasteiger partial charge in [-0.2, -0.15) is 5.10 Å². The first-order valence-electron chi connectivity index (χ1n) is 7.17. The van der Waals surface area contributed by atoms with Crippen LogP contribution in [-0.4, -0.2) is 40.3 Å². The number of aromatic nitrogens is 2. The maximum Gasteiger partial charge on any atom is 0.228 e. The van der Waals surface area contributed by atoms with Gasteiger partial charge in [0.05, 0.1) is 24.3 Å². The van der Waals surface area contributed by atoms with Gasteiger partial charge in [-0.25, -0.2) is 0 Å². The number of halogens is 1. The van der Waals surface area contributed by atoms with E-state index in [9.17, 15) is 4.79 Å². The van der Waals surface area contributed by atoms with Crippen molar-refractivity contribution in [2.45, 2.75) is 32.2 Å². The number of amides is 1. The predicted molar refractivity (Wildman–Crippen MR) is 75.6 cm³/mol. The van der Waals surface area contributed by atoms with Crippen LogP contribution in [0.25, 0.3) is 0 Å². The van der Waals surface area contributed by atoms with Crippen molar-refractivity contribution in [3.8, 4) is 0 Å². The number of carbonyl (C=O) groups is 1. The maximum atomic E-state index is 12.6. The van der Waals surface area contributed by atoms with Crippen LogP contribution in [0.15, 0.2) is 0 Å². The van der Waals surface area contributed by atoms with Crippen LogP contribution in [0.1, 0.15) is 36.6 Å². The van der Waals surface area contributed by atoms with E-state index in [1.54, 1.807) is 4.68 Å². The number of rotatable bonds is 2. The van der Waals surface area contributed by atoms with Crippen molar-refractivity contribution in [2.24, 2.45) is 13.0 Å². The highest BCUT2D eigenvalue weighted by Crippen LogP contribution is 2.38. The third-order valence-corrected chi connectivity index (χ3v) is 4.79. The van der Waals surface area contributed by atoms with E-state index < -0.39 is 0 Å². The summed E-state index contributed by atoms with van der Waals surface area (Å²) in [5, 5.41) is 5.02. The lowest BCUT2D eigenvalue weighted by atomic mass is 10.0. The van der Waals surface area contributed by atoms with Gasteiger partial charge in [-0.1, -0.05) is 11.6 Å². The van der Waals surface area contributed by atoms with Gasteiger partial charge in [0.25, 0.3) is 0 Å². The lowest BCUT2D eigenvalue weighted by Crippen LogP contribution is -2.36. The first-order valence-corrected chi connectivity index (χ1v) is 7.54. The molecular weight excluding hydrogens is 278 g/mol. The number of hydrogen-bond acceptors (Lipinski definition) is 3. The van der Waals surface area contributed by atoms with Crippen LogP contribution in [0, 0.1) is 12.8 Å². The Bertz CT molecular complexity index is 523. The molecule has 0 radical (unpaired) electrons. The third-order valence-electron chi connectivity index (χ3n) is 4.34. The smallest absolute Gasteiger partial charge is 0.228 e. The van der Waals surface area contributed by atoms with Gasteiger partial charge in [0.2, 0.25) is 5.91 Å². The molecule has 1 aromatic rings. The molecule has 1 aromatic heterocycles. The summed E-state index contributed by atoms with van der Waals surface area (Å²) >= 11 is 6.36. The van der Waals surface area contributed by atoms with Crippen LogP contribution < -0.4 is 0 Å². The maximum absolute atomic E-state index is 12.6. The molecule has 0 bridgehead atoms. The summed E-state index contributed by atoms with van der Waals surface area (Å²) in [6.45, 7) is 4.02. The number of aryl methyl sites for hydroxylation is 2. The lowest BCUT2D eigenvalue weighted by molar-refractivity contribution is -0.136. The topological polar surface area (TPSA) is 47.4 Å². The van der Waals surface area contributed by atoms with Crippen LogP contribution in [0.5, 0.6) is 0 Å². The Balaban J connectivity index is 1.86. The molecule has 2 atom stereocenters. The van der Waals surface area contributed by atoms with Crippen molar-refractivity contribution in [2.75, 3.05) is 19.8 Å². The molecule has 2 unspecified atom stereocenters. The van der Waals surface area contributed by atoms with Crippen LogP contribution in [0.4, 0.5) is 0 Å².